The predicted molar refractivity (Wildman–Crippen MR) is 67.5 cm³/mol. The molecule has 0 bridgehead atoms. The van der Waals surface area contributed by atoms with Gasteiger partial charge in [0.15, 0.2) is 0 Å². The van der Waals surface area contributed by atoms with E-state index in [1.807, 2.05) is 6.92 Å². The van der Waals surface area contributed by atoms with Crippen LogP contribution in [0.25, 0.3) is 0 Å². The Balaban J connectivity index is 0.00000225. The Morgan fingerprint density at radius 1 is 1.12 bits per heavy atom. The van der Waals surface area contributed by atoms with E-state index < -0.39 is 10.0 Å². The topological polar surface area (TPSA) is 58.2 Å². The van der Waals surface area contributed by atoms with E-state index in [9.17, 15) is 8.42 Å². The molecule has 0 aliphatic rings. The number of rotatable bonds is 5. The molecule has 2 N–H and O–H groups in total. The summed E-state index contributed by atoms with van der Waals surface area (Å²) in [5, 5.41) is 2.87. The molecule has 16 heavy (non-hydrogen) atoms. The van der Waals surface area contributed by atoms with Crippen molar-refractivity contribution in [2.45, 2.75) is 11.8 Å². The number of hydrogen-bond acceptors (Lipinski definition) is 3. The quantitative estimate of drug-likeness (QED) is 0.778. The second kappa shape index (κ2) is 6.85. The first-order chi connectivity index (χ1) is 7.06. The fraction of sp³-hybridized carbons (Fsp3) is 0.400. The van der Waals surface area contributed by atoms with Crippen LogP contribution in [0.3, 0.4) is 0 Å². The number of halogens is 1. The van der Waals surface area contributed by atoms with Gasteiger partial charge in [-0.2, -0.15) is 0 Å². The van der Waals surface area contributed by atoms with Crippen LogP contribution in [0.5, 0.6) is 0 Å². The van der Waals surface area contributed by atoms with Crippen molar-refractivity contribution in [2.75, 3.05) is 20.1 Å². The highest BCUT2D eigenvalue weighted by Gasteiger charge is 2.11. The van der Waals surface area contributed by atoms with Gasteiger partial charge in [0.05, 0.1) is 4.90 Å². The Morgan fingerprint density at radius 2 is 1.69 bits per heavy atom. The van der Waals surface area contributed by atoms with Crippen LogP contribution in [0, 0.1) is 6.92 Å². The van der Waals surface area contributed by atoms with Crippen molar-refractivity contribution in [1.29, 1.82) is 0 Å². The SMILES string of the molecule is CNCCNS(=O)(=O)c1ccc(C)cc1.Cl. The summed E-state index contributed by atoms with van der Waals surface area (Å²) in [5.41, 5.74) is 1.05. The first kappa shape index (κ1) is 15.4. The standard InChI is InChI=1S/C10H16N2O2S.ClH/c1-9-3-5-10(6-4-9)15(13,14)12-8-7-11-2;/h3-6,11-12H,7-8H2,1-2H3;1H. The molecule has 0 saturated heterocycles. The molecule has 0 atom stereocenters. The zero-order valence-electron chi connectivity index (χ0n) is 9.36. The third-order valence-corrected chi connectivity index (χ3v) is 3.48. The molecule has 1 aromatic carbocycles. The number of nitrogens with one attached hydrogen (secondary N) is 2. The van der Waals surface area contributed by atoms with Crippen LogP contribution in [0.4, 0.5) is 0 Å². The molecule has 0 aromatic heterocycles. The van der Waals surface area contributed by atoms with Crippen molar-refractivity contribution in [1.82, 2.24) is 10.0 Å². The minimum atomic E-state index is -3.34. The summed E-state index contributed by atoms with van der Waals surface area (Å²) in [6, 6.07) is 6.79. The highest BCUT2D eigenvalue weighted by molar-refractivity contribution is 7.89. The summed E-state index contributed by atoms with van der Waals surface area (Å²) < 4.78 is 25.9. The van der Waals surface area contributed by atoms with Gasteiger partial charge in [0.1, 0.15) is 0 Å². The Bertz CT molecular complexity index is 403. The van der Waals surface area contributed by atoms with E-state index in [0.29, 0.717) is 18.0 Å². The van der Waals surface area contributed by atoms with Crippen LogP contribution in [0.15, 0.2) is 29.2 Å². The van der Waals surface area contributed by atoms with Gasteiger partial charge in [-0.3, -0.25) is 0 Å². The van der Waals surface area contributed by atoms with Crippen LogP contribution >= 0.6 is 12.4 Å². The van der Waals surface area contributed by atoms with Crippen LogP contribution in [-0.4, -0.2) is 28.6 Å². The maximum Gasteiger partial charge on any atom is 0.240 e. The summed E-state index contributed by atoms with van der Waals surface area (Å²) in [5.74, 6) is 0. The molecule has 4 nitrogen and oxygen atoms in total. The van der Waals surface area contributed by atoms with Crippen molar-refractivity contribution in [3.05, 3.63) is 29.8 Å². The second-order valence-electron chi connectivity index (χ2n) is 3.31. The third kappa shape index (κ3) is 4.49. The van der Waals surface area contributed by atoms with Gasteiger partial charge in [0.2, 0.25) is 10.0 Å². The normalized spacial score (nSPS) is 10.9. The zero-order chi connectivity index (χ0) is 11.3. The molecule has 0 saturated carbocycles. The van der Waals surface area contributed by atoms with Gasteiger partial charge in [0, 0.05) is 13.1 Å². The predicted octanol–water partition coefficient (Wildman–Crippen LogP) is 0.915. The summed E-state index contributed by atoms with van der Waals surface area (Å²) >= 11 is 0. The molecule has 0 heterocycles. The highest BCUT2D eigenvalue weighted by atomic mass is 35.5. The number of likely N-dealkylation sites (N-methyl/N-ethyl adjacent to an activating group) is 1. The zero-order valence-corrected chi connectivity index (χ0v) is 11.0. The lowest BCUT2D eigenvalue weighted by molar-refractivity contribution is 0.579. The van der Waals surface area contributed by atoms with Crippen molar-refractivity contribution in [3.8, 4) is 0 Å². The monoisotopic (exact) mass is 264 g/mol. The molecule has 0 radical (unpaired) electrons. The average Bonchev–Trinajstić information content (AvgIpc) is 2.18. The molecular formula is C10H17ClN2O2S. The third-order valence-electron chi connectivity index (χ3n) is 2.00. The molecule has 1 aromatic rings. The molecule has 92 valence electrons. The molecule has 6 heteroatoms. The van der Waals surface area contributed by atoms with Gasteiger partial charge < -0.3 is 5.32 Å². The van der Waals surface area contributed by atoms with Crippen LogP contribution < -0.4 is 10.0 Å². The van der Waals surface area contributed by atoms with E-state index in [-0.39, 0.29) is 12.4 Å². The lowest BCUT2D eigenvalue weighted by Crippen LogP contribution is -2.30. The number of hydrogen-bond donors (Lipinski definition) is 2. The fourth-order valence-corrected chi connectivity index (χ4v) is 2.14. The molecule has 0 aliphatic heterocycles. The minimum absolute atomic E-state index is 0. The van der Waals surface area contributed by atoms with Gasteiger partial charge in [0.25, 0.3) is 0 Å². The summed E-state index contributed by atoms with van der Waals surface area (Å²) in [7, 11) is -1.56. The Hall–Kier alpha value is -0.620. The summed E-state index contributed by atoms with van der Waals surface area (Å²) in [6.45, 7) is 2.93. The van der Waals surface area contributed by atoms with Gasteiger partial charge in [-0.15, -0.1) is 12.4 Å². The molecule has 0 fully saturated rings. The largest absolute Gasteiger partial charge is 0.318 e. The van der Waals surface area contributed by atoms with Crippen molar-refractivity contribution >= 4 is 22.4 Å². The van der Waals surface area contributed by atoms with E-state index in [2.05, 4.69) is 10.0 Å². The van der Waals surface area contributed by atoms with Crippen LogP contribution in [-0.2, 0) is 10.0 Å². The molecular weight excluding hydrogens is 248 g/mol. The van der Waals surface area contributed by atoms with E-state index in [1.54, 1.807) is 31.3 Å². The molecule has 0 unspecified atom stereocenters. The van der Waals surface area contributed by atoms with Crippen LogP contribution in [0.1, 0.15) is 5.56 Å². The first-order valence-corrected chi connectivity index (χ1v) is 6.25. The molecule has 0 spiro atoms. The maximum atomic E-state index is 11.7. The highest BCUT2D eigenvalue weighted by Crippen LogP contribution is 2.09. The molecule has 0 amide bonds. The van der Waals surface area contributed by atoms with E-state index >= 15 is 0 Å². The minimum Gasteiger partial charge on any atom is -0.318 e. The second-order valence-corrected chi connectivity index (χ2v) is 5.08. The lowest BCUT2D eigenvalue weighted by atomic mass is 10.2. The summed E-state index contributed by atoms with van der Waals surface area (Å²) in [4.78, 5) is 0.309. The number of aryl methyl sites for hydroxylation is 1. The molecule has 0 aliphatic carbocycles. The fourth-order valence-electron chi connectivity index (χ4n) is 1.11. The van der Waals surface area contributed by atoms with Gasteiger partial charge >= 0.3 is 0 Å². The Labute approximate surface area is 103 Å². The Kier molecular flexibility index (Phi) is 6.59. The van der Waals surface area contributed by atoms with Crippen LogP contribution in [0.2, 0.25) is 0 Å². The van der Waals surface area contributed by atoms with E-state index in [0.717, 1.165) is 5.56 Å². The van der Waals surface area contributed by atoms with Crippen molar-refractivity contribution in [2.24, 2.45) is 0 Å². The smallest absolute Gasteiger partial charge is 0.240 e. The number of sulfonamides is 1. The molecule has 1 rings (SSSR count). The van der Waals surface area contributed by atoms with Gasteiger partial charge in [-0.05, 0) is 26.1 Å². The average molecular weight is 265 g/mol. The first-order valence-electron chi connectivity index (χ1n) is 4.77. The van der Waals surface area contributed by atoms with E-state index in [4.69, 9.17) is 0 Å². The van der Waals surface area contributed by atoms with Gasteiger partial charge in [-0.25, -0.2) is 13.1 Å². The number of benzene rings is 1. The maximum absolute atomic E-state index is 11.7. The Morgan fingerprint density at radius 3 is 2.19 bits per heavy atom. The summed E-state index contributed by atoms with van der Waals surface area (Å²) in [6.07, 6.45) is 0. The van der Waals surface area contributed by atoms with Gasteiger partial charge in [-0.1, -0.05) is 17.7 Å². The lowest BCUT2D eigenvalue weighted by Gasteiger charge is -2.06. The van der Waals surface area contributed by atoms with E-state index in [1.165, 1.54) is 0 Å². The van der Waals surface area contributed by atoms with Crippen molar-refractivity contribution < 1.29 is 8.42 Å². The van der Waals surface area contributed by atoms with Crippen molar-refractivity contribution in [3.63, 3.8) is 0 Å².